The molecule has 1 aromatic carbocycles. The van der Waals surface area contributed by atoms with E-state index in [-0.39, 0.29) is 11.9 Å². The number of anilines is 1. The Morgan fingerprint density at radius 3 is 2.82 bits per heavy atom. The van der Waals surface area contributed by atoms with Crippen LogP contribution in [-0.2, 0) is 7.05 Å². The second-order valence-corrected chi connectivity index (χ2v) is 5.96. The minimum atomic E-state index is -0.207. The summed E-state index contributed by atoms with van der Waals surface area (Å²) in [5, 5.41) is 8.40. The Hall–Kier alpha value is -2.02. The van der Waals surface area contributed by atoms with Gasteiger partial charge in [0.15, 0.2) is 5.65 Å². The Bertz CT molecular complexity index is 845. The summed E-state index contributed by atoms with van der Waals surface area (Å²) in [5.41, 5.74) is 2.22. The van der Waals surface area contributed by atoms with Gasteiger partial charge < -0.3 is 5.32 Å². The van der Waals surface area contributed by atoms with Crippen molar-refractivity contribution in [1.29, 1.82) is 0 Å². The monoisotopic (exact) mass is 363 g/mol. The lowest BCUT2D eigenvalue weighted by atomic mass is 10.1. The zero-order valence-electron chi connectivity index (χ0n) is 12.4. The number of hydrogen-bond donors (Lipinski definition) is 1. The predicted molar refractivity (Wildman–Crippen MR) is 87.2 cm³/mol. The van der Waals surface area contributed by atoms with Crippen LogP contribution in [0.25, 0.3) is 11.0 Å². The topological polar surface area (TPSA) is 55.6 Å². The van der Waals surface area contributed by atoms with E-state index in [2.05, 4.69) is 36.3 Å². The molecule has 0 aliphatic heterocycles. The van der Waals surface area contributed by atoms with Crippen LogP contribution in [0, 0.1) is 12.7 Å². The van der Waals surface area contributed by atoms with E-state index in [1.807, 2.05) is 20.0 Å². The zero-order chi connectivity index (χ0) is 15.9. The van der Waals surface area contributed by atoms with Gasteiger partial charge in [0, 0.05) is 7.05 Å². The molecule has 0 saturated heterocycles. The molecule has 2 heterocycles. The average Bonchev–Trinajstić information content (AvgIpc) is 2.78. The van der Waals surface area contributed by atoms with Gasteiger partial charge >= 0.3 is 0 Å². The number of rotatable bonds is 3. The van der Waals surface area contributed by atoms with Gasteiger partial charge in [-0.2, -0.15) is 5.10 Å². The van der Waals surface area contributed by atoms with Crippen molar-refractivity contribution in [2.24, 2.45) is 7.05 Å². The number of hydrogen-bond acceptors (Lipinski definition) is 4. The lowest BCUT2D eigenvalue weighted by Crippen LogP contribution is -2.09. The van der Waals surface area contributed by atoms with Crippen LogP contribution < -0.4 is 5.32 Å². The van der Waals surface area contributed by atoms with Crippen molar-refractivity contribution in [2.45, 2.75) is 19.9 Å². The number of nitrogens with one attached hydrogen (secondary N) is 1. The van der Waals surface area contributed by atoms with Crippen LogP contribution in [0.2, 0.25) is 0 Å². The van der Waals surface area contributed by atoms with Crippen LogP contribution in [0.3, 0.4) is 0 Å². The summed E-state index contributed by atoms with van der Waals surface area (Å²) in [6.45, 7) is 3.71. The SMILES string of the molecule is Cc1ccc(C(C)Nc2ncnc3c2c(Br)nn3C)cc1F. The predicted octanol–water partition coefficient (Wildman–Crippen LogP) is 3.75. The van der Waals surface area contributed by atoms with Gasteiger partial charge in [-0.05, 0) is 47.0 Å². The highest BCUT2D eigenvalue weighted by atomic mass is 79.9. The normalized spacial score (nSPS) is 12.6. The molecule has 5 nitrogen and oxygen atoms in total. The van der Waals surface area contributed by atoms with Gasteiger partial charge in [-0.15, -0.1) is 0 Å². The highest BCUT2D eigenvalue weighted by molar-refractivity contribution is 9.10. The van der Waals surface area contributed by atoms with E-state index >= 15 is 0 Å². The Morgan fingerprint density at radius 2 is 2.09 bits per heavy atom. The fourth-order valence-corrected chi connectivity index (χ4v) is 2.92. The van der Waals surface area contributed by atoms with Gasteiger partial charge in [0.2, 0.25) is 0 Å². The molecule has 0 bridgehead atoms. The first-order valence-electron chi connectivity index (χ1n) is 6.83. The maximum Gasteiger partial charge on any atom is 0.164 e. The smallest absolute Gasteiger partial charge is 0.164 e. The third-order valence-electron chi connectivity index (χ3n) is 3.63. The summed E-state index contributed by atoms with van der Waals surface area (Å²) in [4.78, 5) is 8.51. The molecule has 22 heavy (non-hydrogen) atoms. The van der Waals surface area contributed by atoms with Crippen molar-refractivity contribution in [3.8, 4) is 0 Å². The second kappa shape index (κ2) is 5.64. The summed E-state index contributed by atoms with van der Waals surface area (Å²) in [6, 6.07) is 5.13. The molecule has 3 aromatic rings. The molecule has 3 rings (SSSR count). The lowest BCUT2D eigenvalue weighted by molar-refractivity contribution is 0.614. The van der Waals surface area contributed by atoms with Crippen molar-refractivity contribution >= 4 is 32.8 Å². The number of aryl methyl sites for hydroxylation is 2. The molecule has 0 fully saturated rings. The van der Waals surface area contributed by atoms with E-state index < -0.39 is 0 Å². The fourth-order valence-electron chi connectivity index (χ4n) is 2.32. The Labute approximate surface area is 135 Å². The molecular weight excluding hydrogens is 349 g/mol. The molecular formula is C15H15BrFN5. The zero-order valence-corrected chi connectivity index (χ0v) is 14.0. The number of aromatic nitrogens is 4. The van der Waals surface area contributed by atoms with Gasteiger partial charge in [0.05, 0.1) is 11.4 Å². The van der Waals surface area contributed by atoms with Crippen LogP contribution in [0.1, 0.15) is 24.1 Å². The van der Waals surface area contributed by atoms with Crippen LogP contribution in [-0.4, -0.2) is 19.7 Å². The van der Waals surface area contributed by atoms with Crippen LogP contribution in [0.5, 0.6) is 0 Å². The van der Waals surface area contributed by atoms with Gasteiger partial charge in [0.1, 0.15) is 22.6 Å². The van der Waals surface area contributed by atoms with Crippen molar-refractivity contribution in [2.75, 3.05) is 5.32 Å². The maximum absolute atomic E-state index is 13.7. The fraction of sp³-hybridized carbons (Fsp3) is 0.267. The molecule has 1 atom stereocenters. The van der Waals surface area contributed by atoms with Gasteiger partial charge in [-0.25, -0.2) is 19.0 Å². The molecule has 1 unspecified atom stereocenters. The highest BCUT2D eigenvalue weighted by Gasteiger charge is 2.16. The van der Waals surface area contributed by atoms with E-state index in [1.54, 1.807) is 23.7 Å². The molecule has 0 amide bonds. The van der Waals surface area contributed by atoms with Crippen molar-refractivity contribution < 1.29 is 4.39 Å². The highest BCUT2D eigenvalue weighted by Crippen LogP contribution is 2.29. The van der Waals surface area contributed by atoms with E-state index in [4.69, 9.17) is 0 Å². The number of fused-ring (bicyclic) bond motifs is 1. The van der Waals surface area contributed by atoms with Gasteiger partial charge in [-0.3, -0.25) is 0 Å². The minimum absolute atomic E-state index is 0.0969. The molecule has 7 heteroatoms. The van der Waals surface area contributed by atoms with Gasteiger partial charge in [0.25, 0.3) is 0 Å². The molecule has 0 radical (unpaired) electrons. The second-order valence-electron chi connectivity index (χ2n) is 5.21. The number of halogens is 2. The summed E-state index contributed by atoms with van der Waals surface area (Å²) in [5.74, 6) is 0.458. The first kappa shape index (κ1) is 14.9. The molecule has 0 aliphatic carbocycles. The largest absolute Gasteiger partial charge is 0.363 e. The Morgan fingerprint density at radius 1 is 1.32 bits per heavy atom. The van der Waals surface area contributed by atoms with E-state index in [1.165, 1.54) is 6.33 Å². The van der Waals surface area contributed by atoms with Gasteiger partial charge in [-0.1, -0.05) is 12.1 Å². The third-order valence-corrected chi connectivity index (χ3v) is 4.18. The minimum Gasteiger partial charge on any atom is -0.363 e. The standard InChI is InChI=1S/C15H15BrFN5/c1-8-4-5-10(6-11(8)17)9(2)20-14-12-13(16)21-22(3)15(12)19-7-18-14/h4-7,9H,1-3H3,(H,18,19,20). The van der Waals surface area contributed by atoms with E-state index in [9.17, 15) is 4.39 Å². The summed E-state index contributed by atoms with van der Waals surface area (Å²) >= 11 is 3.42. The molecule has 0 aliphatic rings. The Kier molecular flexibility index (Phi) is 3.82. The molecule has 1 N–H and O–H groups in total. The summed E-state index contributed by atoms with van der Waals surface area (Å²) in [6.07, 6.45) is 1.49. The lowest BCUT2D eigenvalue weighted by Gasteiger charge is -2.16. The van der Waals surface area contributed by atoms with Crippen LogP contribution >= 0.6 is 15.9 Å². The first-order valence-corrected chi connectivity index (χ1v) is 7.62. The molecule has 114 valence electrons. The summed E-state index contributed by atoms with van der Waals surface area (Å²) < 4.78 is 16.1. The van der Waals surface area contributed by atoms with E-state index in [0.29, 0.717) is 16.0 Å². The molecule has 2 aromatic heterocycles. The third kappa shape index (κ3) is 2.56. The molecule has 0 spiro atoms. The van der Waals surface area contributed by atoms with Crippen LogP contribution in [0.4, 0.5) is 10.2 Å². The molecule has 0 saturated carbocycles. The van der Waals surface area contributed by atoms with Crippen molar-refractivity contribution in [3.05, 3.63) is 46.1 Å². The number of nitrogens with zero attached hydrogens (tertiary/aromatic N) is 4. The van der Waals surface area contributed by atoms with E-state index in [0.717, 1.165) is 16.6 Å². The Balaban J connectivity index is 1.97. The van der Waals surface area contributed by atoms with Crippen molar-refractivity contribution in [1.82, 2.24) is 19.7 Å². The maximum atomic E-state index is 13.7. The quantitative estimate of drug-likeness (QED) is 0.769. The first-order chi connectivity index (χ1) is 10.5. The average molecular weight is 364 g/mol. The summed E-state index contributed by atoms with van der Waals surface area (Å²) in [7, 11) is 1.82. The van der Waals surface area contributed by atoms with Crippen molar-refractivity contribution in [3.63, 3.8) is 0 Å². The van der Waals surface area contributed by atoms with Crippen LogP contribution in [0.15, 0.2) is 29.1 Å². The number of benzene rings is 1.